The molecule has 3 aromatic rings. The maximum atomic E-state index is 11.3. The number of rotatable bonds is 4. The van der Waals surface area contributed by atoms with E-state index in [0.717, 1.165) is 35.9 Å². The second kappa shape index (κ2) is 7.58. The Labute approximate surface area is 171 Å². The van der Waals surface area contributed by atoms with E-state index in [1.807, 2.05) is 18.2 Å². The zero-order valence-corrected chi connectivity index (χ0v) is 16.6. The minimum absolute atomic E-state index is 0.0163. The lowest BCUT2D eigenvalue weighted by Gasteiger charge is -2.33. The highest BCUT2D eigenvalue weighted by Gasteiger charge is 2.31. The van der Waals surface area contributed by atoms with Gasteiger partial charge in [-0.25, -0.2) is 4.79 Å². The highest BCUT2D eigenvalue weighted by Crippen LogP contribution is 2.41. The van der Waals surface area contributed by atoms with Gasteiger partial charge in [-0.1, -0.05) is 62.4 Å². The minimum atomic E-state index is -1.03. The van der Waals surface area contributed by atoms with E-state index < -0.39 is 5.97 Å². The molecule has 4 nitrogen and oxygen atoms in total. The highest BCUT2D eigenvalue weighted by atomic mass is 16.4. The van der Waals surface area contributed by atoms with E-state index in [1.165, 1.54) is 49.8 Å². The zero-order valence-electron chi connectivity index (χ0n) is 16.6. The van der Waals surface area contributed by atoms with Crippen molar-refractivity contribution >= 4 is 5.97 Å². The number of carbonyl (C=O) groups is 1. The molecule has 0 aliphatic heterocycles. The third kappa shape index (κ3) is 3.41. The number of aromatic carboxylic acids is 1. The molecule has 0 amide bonds. The lowest BCUT2D eigenvalue weighted by atomic mass is 9.73. The summed E-state index contributed by atoms with van der Waals surface area (Å²) in [5, 5.41) is 9.30. The number of fused-ring (bicyclic) bond motifs is 1. The van der Waals surface area contributed by atoms with Crippen LogP contribution < -0.4 is 0 Å². The van der Waals surface area contributed by atoms with Crippen molar-refractivity contribution in [2.75, 3.05) is 0 Å². The van der Waals surface area contributed by atoms with Crippen molar-refractivity contribution in [3.8, 4) is 17.1 Å². The first-order chi connectivity index (χ1) is 14.2. The molecule has 4 heteroatoms. The van der Waals surface area contributed by atoms with Crippen molar-refractivity contribution < 1.29 is 14.3 Å². The van der Waals surface area contributed by atoms with E-state index in [9.17, 15) is 9.90 Å². The normalized spacial score (nSPS) is 19.8. The Morgan fingerprint density at radius 2 is 1.76 bits per heavy atom. The molecule has 0 spiro atoms. The highest BCUT2D eigenvalue weighted by molar-refractivity contribution is 5.84. The van der Waals surface area contributed by atoms with Crippen molar-refractivity contribution in [2.45, 2.75) is 51.4 Å². The van der Waals surface area contributed by atoms with E-state index in [2.05, 4.69) is 22.8 Å². The summed E-state index contributed by atoms with van der Waals surface area (Å²) in [6, 6.07) is 16.0. The number of benzene rings is 1. The van der Waals surface area contributed by atoms with Crippen LogP contribution in [0.15, 0.2) is 52.9 Å². The van der Waals surface area contributed by atoms with Crippen LogP contribution in [0, 0.1) is 11.8 Å². The first-order valence-corrected chi connectivity index (χ1v) is 10.8. The molecule has 0 radical (unpaired) electrons. The number of carboxylic acid groups (broad SMARTS) is 1. The molecule has 1 N–H and O–H groups in total. The van der Waals surface area contributed by atoms with E-state index >= 15 is 0 Å². The third-order valence-corrected chi connectivity index (χ3v) is 6.84. The summed E-state index contributed by atoms with van der Waals surface area (Å²) < 4.78 is 7.87. The summed E-state index contributed by atoms with van der Waals surface area (Å²) in [5.74, 6) is 1.18. The number of nitrogens with zero attached hydrogens (tertiary/aromatic N) is 1. The Morgan fingerprint density at radius 1 is 0.966 bits per heavy atom. The van der Waals surface area contributed by atoms with E-state index in [0.29, 0.717) is 5.88 Å². The summed E-state index contributed by atoms with van der Waals surface area (Å²) in [6.07, 6.45) is 10.3. The first kappa shape index (κ1) is 18.3. The van der Waals surface area contributed by atoms with Crippen molar-refractivity contribution in [3.63, 3.8) is 0 Å². The van der Waals surface area contributed by atoms with Gasteiger partial charge in [0.05, 0.1) is 5.69 Å². The second-order valence-corrected chi connectivity index (χ2v) is 8.55. The SMILES string of the molecule is O=C(O)c1ccc(-n2c(-c3ccccc3)cc3c2CCC(C2CCCCC2)C3)o1. The molecule has 29 heavy (non-hydrogen) atoms. The molecule has 1 saturated carbocycles. The van der Waals surface area contributed by atoms with E-state index in [4.69, 9.17) is 4.42 Å². The van der Waals surface area contributed by atoms with Crippen LogP contribution in [0.1, 0.15) is 60.3 Å². The van der Waals surface area contributed by atoms with Crippen LogP contribution in [-0.4, -0.2) is 15.6 Å². The molecule has 1 aromatic carbocycles. The average Bonchev–Trinajstić information content (AvgIpc) is 3.39. The fourth-order valence-electron chi connectivity index (χ4n) is 5.40. The van der Waals surface area contributed by atoms with Crippen molar-refractivity contribution in [3.05, 3.63) is 65.5 Å². The third-order valence-electron chi connectivity index (χ3n) is 6.84. The average molecular weight is 389 g/mol. The van der Waals surface area contributed by atoms with Gasteiger partial charge in [0.25, 0.3) is 0 Å². The van der Waals surface area contributed by atoms with Gasteiger partial charge in [0.15, 0.2) is 0 Å². The molecule has 150 valence electrons. The quantitative estimate of drug-likeness (QED) is 0.585. The molecule has 1 fully saturated rings. The Hall–Kier alpha value is -2.75. The van der Waals surface area contributed by atoms with Crippen LogP contribution >= 0.6 is 0 Å². The molecular formula is C25H27NO3. The van der Waals surface area contributed by atoms with E-state index in [1.54, 1.807) is 12.1 Å². The second-order valence-electron chi connectivity index (χ2n) is 8.55. The van der Waals surface area contributed by atoms with Gasteiger partial charge in [-0.2, -0.15) is 0 Å². The number of hydrogen-bond acceptors (Lipinski definition) is 2. The fraction of sp³-hybridized carbons (Fsp3) is 0.400. The molecule has 1 unspecified atom stereocenters. The van der Waals surface area contributed by atoms with Crippen LogP contribution in [0.2, 0.25) is 0 Å². The topological polar surface area (TPSA) is 55.4 Å². The smallest absolute Gasteiger partial charge is 0.371 e. The van der Waals surface area contributed by atoms with E-state index in [-0.39, 0.29) is 5.76 Å². The molecule has 2 aliphatic rings. The van der Waals surface area contributed by atoms with Gasteiger partial charge in [-0.15, -0.1) is 0 Å². The number of carboxylic acids is 1. The predicted molar refractivity (Wildman–Crippen MR) is 113 cm³/mol. The lowest BCUT2D eigenvalue weighted by molar-refractivity contribution is 0.0662. The van der Waals surface area contributed by atoms with Crippen LogP contribution in [0.4, 0.5) is 0 Å². The molecular weight excluding hydrogens is 362 g/mol. The lowest BCUT2D eigenvalue weighted by Crippen LogP contribution is -2.24. The summed E-state index contributed by atoms with van der Waals surface area (Å²) in [6.45, 7) is 0. The summed E-state index contributed by atoms with van der Waals surface area (Å²) in [7, 11) is 0. The number of furan rings is 1. The molecule has 2 aliphatic carbocycles. The molecule has 1 atom stereocenters. The Bertz CT molecular complexity index is 1010. The molecule has 0 bridgehead atoms. The van der Waals surface area contributed by atoms with Gasteiger partial charge >= 0.3 is 5.97 Å². The first-order valence-electron chi connectivity index (χ1n) is 10.8. The van der Waals surface area contributed by atoms with Crippen molar-refractivity contribution in [1.82, 2.24) is 4.57 Å². The maximum Gasteiger partial charge on any atom is 0.371 e. The zero-order chi connectivity index (χ0) is 19.8. The minimum Gasteiger partial charge on any atom is -0.475 e. The molecule has 0 saturated heterocycles. The Kier molecular flexibility index (Phi) is 4.78. The molecule has 5 rings (SSSR count). The van der Waals surface area contributed by atoms with Crippen LogP contribution in [0.5, 0.6) is 0 Å². The van der Waals surface area contributed by atoms with Gasteiger partial charge in [-0.3, -0.25) is 4.57 Å². The summed E-state index contributed by atoms with van der Waals surface area (Å²) in [4.78, 5) is 11.3. The molecule has 2 aromatic heterocycles. The van der Waals surface area contributed by atoms with Crippen LogP contribution in [0.3, 0.4) is 0 Å². The number of hydrogen-bond donors (Lipinski definition) is 1. The van der Waals surface area contributed by atoms with Crippen molar-refractivity contribution in [1.29, 1.82) is 0 Å². The van der Waals surface area contributed by atoms with Gasteiger partial charge in [0.2, 0.25) is 11.6 Å². The Morgan fingerprint density at radius 3 is 2.48 bits per heavy atom. The van der Waals surface area contributed by atoms with Crippen LogP contribution in [0.25, 0.3) is 17.1 Å². The standard InChI is InChI=1S/C25H27NO3/c27-25(28)23-13-14-24(29-23)26-21-12-11-19(17-7-3-1-4-8-17)15-20(21)16-22(26)18-9-5-2-6-10-18/h2,5-6,9-10,13-14,16-17,19H,1,3-4,7-8,11-12,15H2,(H,27,28). The monoisotopic (exact) mass is 389 g/mol. The summed E-state index contributed by atoms with van der Waals surface area (Å²) in [5.41, 5.74) is 4.90. The number of aromatic nitrogens is 1. The van der Waals surface area contributed by atoms with Gasteiger partial charge in [-0.05, 0) is 54.4 Å². The molecule has 2 heterocycles. The fourth-order valence-corrected chi connectivity index (χ4v) is 5.40. The largest absolute Gasteiger partial charge is 0.475 e. The van der Waals surface area contributed by atoms with Crippen molar-refractivity contribution in [2.24, 2.45) is 11.8 Å². The Balaban J connectivity index is 1.56. The van der Waals surface area contributed by atoms with Gasteiger partial charge in [0.1, 0.15) is 0 Å². The van der Waals surface area contributed by atoms with Gasteiger partial charge in [0, 0.05) is 11.8 Å². The van der Waals surface area contributed by atoms with Gasteiger partial charge < -0.3 is 9.52 Å². The van der Waals surface area contributed by atoms with Crippen LogP contribution in [-0.2, 0) is 12.8 Å². The predicted octanol–water partition coefficient (Wildman–Crippen LogP) is 6.12. The maximum absolute atomic E-state index is 11.3. The summed E-state index contributed by atoms with van der Waals surface area (Å²) >= 11 is 0.